The summed E-state index contributed by atoms with van der Waals surface area (Å²) in [6.45, 7) is 7.95. The highest BCUT2D eigenvalue weighted by Crippen LogP contribution is 2.10. The van der Waals surface area contributed by atoms with E-state index in [1.54, 1.807) is 0 Å². The van der Waals surface area contributed by atoms with Crippen LogP contribution in [0.1, 0.15) is 17.9 Å². The van der Waals surface area contributed by atoms with Crippen molar-refractivity contribution in [1.29, 1.82) is 0 Å². The molecule has 0 amide bonds. The van der Waals surface area contributed by atoms with E-state index in [0.29, 0.717) is 0 Å². The van der Waals surface area contributed by atoms with E-state index >= 15 is 0 Å². The fourth-order valence-corrected chi connectivity index (χ4v) is 2.58. The van der Waals surface area contributed by atoms with E-state index < -0.39 is 0 Å². The number of anilines is 1. The number of aliphatic hydroxyl groups is 1. The van der Waals surface area contributed by atoms with Gasteiger partial charge >= 0.3 is 0 Å². The summed E-state index contributed by atoms with van der Waals surface area (Å²) in [5.74, 6) is 1.76. The molecule has 20 heavy (non-hydrogen) atoms. The number of aliphatic hydroxyl groups excluding tert-OH is 1. The molecule has 0 bridgehead atoms. The molecule has 2 N–H and O–H groups in total. The second-order valence-corrected chi connectivity index (χ2v) is 5.26. The Morgan fingerprint density at radius 2 is 1.95 bits per heavy atom. The predicted molar refractivity (Wildman–Crippen MR) is 79.7 cm³/mol. The maximum absolute atomic E-state index is 9.02. The highest BCUT2D eigenvalue weighted by Gasteiger charge is 2.15. The van der Waals surface area contributed by atoms with Gasteiger partial charge in [0.2, 0.25) is 0 Å². The summed E-state index contributed by atoms with van der Waals surface area (Å²) in [4.78, 5) is 13.7. The summed E-state index contributed by atoms with van der Waals surface area (Å²) in [6.07, 6.45) is 1.13. The zero-order valence-corrected chi connectivity index (χ0v) is 12.5. The number of hydrogen-bond acceptors (Lipinski definition) is 6. The number of nitrogens with one attached hydrogen (secondary N) is 1. The van der Waals surface area contributed by atoms with Crippen LogP contribution in [0.15, 0.2) is 6.07 Å². The van der Waals surface area contributed by atoms with Gasteiger partial charge in [0.25, 0.3) is 0 Å². The van der Waals surface area contributed by atoms with Crippen molar-refractivity contribution < 1.29 is 5.11 Å². The normalized spacial score (nSPS) is 17.9. The van der Waals surface area contributed by atoms with Gasteiger partial charge in [-0.15, -0.1) is 0 Å². The van der Waals surface area contributed by atoms with Crippen LogP contribution in [0.3, 0.4) is 0 Å². The number of aromatic nitrogens is 2. The van der Waals surface area contributed by atoms with E-state index in [1.165, 1.54) is 0 Å². The van der Waals surface area contributed by atoms with Gasteiger partial charge in [-0.1, -0.05) is 0 Å². The van der Waals surface area contributed by atoms with Crippen molar-refractivity contribution in [2.45, 2.75) is 19.9 Å². The Bertz CT molecular complexity index is 426. The van der Waals surface area contributed by atoms with Crippen LogP contribution in [0, 0.1) is 6.92 Å². The summed E-state index contributed by atoms with van der Waals surface area (Å²) >= 11 is 0. The monoisotopic (exact) mass is 279 g/mol. The van der Waals surface area contributed by atoms with Gasteiger partial charge in [-0.3, -0.25) is 9.80 Å². The number of aryl methyl sites for hydroxylation is 1. The topological polar surface area (TPSA) is 64.5 Å². The molecule has 0 atom stereocenters. The lowest BCUT2D eigenvalue weighted by Gasteiger charge is -2.20. The van der Waals surface area contributed by atoms with Gasteiger partial charge in [-0.25, -0.2) is 9.97 Å². The Labute approximate surface area is 120 Å². The fraction of sp³-hybridized carbons (Fsp3) is 0.714. The van der Waals surface area contributed by atoms with E-state index in [4.69, 9.17) is 5.11 Å². The molecule has 0 aromatic carbocycles. The molecule has 1 fully saturated rings. The van der Waals surface area contributed by atoms with Crippen LogP contribution in [0.2, 0.25) is 0 Å². The van der Waals surface area contributed by atoms with Crippen LogP contribution in [0.5, 0.6) is 0 Å². The van der Waals surface area contributed by atoms with Crippen LogP contribution in [-0.2, 0) is 6.54 Å². The molecular formula is C14H25N5O. The molecule has 0 unspecified atom stereocenters. The minimum absolute atomic E-state index is 0.243. The molecule has 1 aliphatic heterocycles. The molecular weight excluding hydrogens is 254 g/mol. The molecule has 1 saturated heterocycles. The third-order valence-electron chi connectivity index (χ3n) is 3.62. The molecule has 6 heteroatoms. The first kappa shape index (κ1) is 15.2. The Balaban J connectivity index is 1.94. The predicted octanol–water partition coefficient (Wildman–Crippen LogP) is 0.327. The molecule has 2 rings (SSSR count). The Hall–Kier alpha value is -1.24. The standard InChI is InChI=1S/C14H25N5O/c1-12-10-13(15-2)17-14(16-12)11-19-5-3-4-18(6-7-19)8-9-20/h10,20H,3-9,11H2,1-2H3,(H,15,16,17). The van der Waals surface area contributed by atoms with Gasteiger partial charge in [0, 0.05) is 38.4 Å². The summed E-state index contributed by atoms with van der Waals surface area (Å²) in [5.41, 5.74) is 0.996. The van der Waals surface area contributed by atoms with Crippen molar-refractivity contribution in [3.05, 3.63) is 17.6 Å². The summed E-state index contributed by atoms with van der Waals surface area (Å²) in [6, 6.07) is 1.95. The van der Waals surface area contributed by atoms with Crippen molar-refractivity contribution in [3.8, 4) is 0 Å². The van der Waals surface area contributed by atoms with Crippen LogP contribution in [0.4, 0.5) is 5.82 Å². The number of rotatable bonds is 5. The van der Waals surface area contributed by atoms with E-state index in [9.17, 15) is 0 Å². The first-order valence-corrected chi connectivity index (χ1v) is 7.29. The van der Waals surface area contributed by atoms with Gasteiger partial charge in [-0.2, -0.15) is 0 Å². The highest BCUT2D eigenvalue weighted by molar-refractivity contribution is 5.34. The van der Waals surface area contributed by atoms with Gasteiger partial charge in [0.1, 0.15) is 11.6 Å². The summed E-state index contributed by atoms with van der Waals surface area (Å²) in [7, 11) is 1.88. The Morgan fingerprint density at radius 1 is 1.20 bits per heavy atom. The first-order valence-electron chi connectivity index (χ1n) is 7.29. The third-order valence-corrected chi connectivity index (χ3v) is 3.62. The van der Waals surface area contributed by atoms with E-state index in [1.807, 2.05) is 20.0 Å². The zero-order valence-electron chi connectivity index (χ0n) is 12.5. The van der Waals surface area contributed by atoms with Crippen molar-refractivity contribution in [2.75, 3.05) is 51.7 Å². The van der Waals surface area contributed by atoms with Gasteiger partial charge in [-0.05, 0) is 26.4 Å². The first-order chi connectivity index (χ1) is 9.71. The van der Waals surface area contributed by atoms with E-state index in [-0.39, 0.29) is 6.61 Å². The molecule has 0 spiro atoms. The average Bonchev–Trinajstić information content (AvgIpc) is 2.64. The SMILES string of the molecule is CNc1cc(C)nc(CN2CCCN(CCO)CC2)n1. The molecule has 0 radical (unpaired) electrons. The quantitative estimate of drug-likeness (QED) is 0.810. The Morgan fingerprint density at radius 3 is 2.70 bits per heavy atom. The van der Waals surface area contributed by atoms with Gasteiger partial charge < -0.3 is 10.4 Å². The molecule has 1 aromatic heterocycles. The average molecular weight is 279 g/mol. The molecule has 6 nitrogen and oxygen atoms in total. The van der Waals surface area contributed by atoms with E-state index in [2.05, 4.69) is 25.1 Å². The maximum atomic E-state index is 9.02. The smallest absolute Gasteiger partial charge is 0.144 e. The summed E-state index contributed by atoms with van der Waals surface area (Å²) < 4.78 is 0. The fourth-order valence-electron chi connectivity index (χ4n) is 2.58. The number of nitrogens with zero attached hydrogens (tertiary/aromatic N) is 4. The molecule has 1 aliphatic rings. The zero-order chi connectivity index (χ0) is 14.4. The lowest BCUT2D eigenvalue weighted by atomic mass is 10.3. The van der Waals surface area contributed by atoms with Crippen LogP contribution >= 0.6 is 0 Å². The minimum atomic E-state index is 0.243. The second-order valence-electron chi connectivity index (χ2n) is 5.26. The maximum Gasteiger partial charge on any atom is 0.144 e. The third kappa shape index (κ3) is 4.40. The molecule has 2 heterocycles. The van der Waals surface area contributed by atoms with Gasteiger partial charge in [0.05, 0.1) is 13.2 Å². The lowest BCUT2D eigenvalue weighted by Crippen LogP contribution is -2.32. The molecule has 0 saturated carbocycles. The van der Waals surface area contributed by atoms with Crippen molar-refractivity contribution in [2.24, 2.45) is 0 Å². The second kappa shape index (κ2) is 7.52. The Kier molecular flexibility index (Phi) is 5.70. The van der Waals surface area contributed by atoms with Crippen molar-refractivity contribution in [1.82, 2.24) is 19.8 Å². The van der Waals surface area contributed by atoms with Crippen LogP contribution in [0.25, 0.3) is 0 Å². The minimum Gasteiger partial charge on any atom is -0.395 e. The molecule has 1 aromatic rings. The van der Waals surface area contributed by atoms with Gasteiger partial charge in [0.15, 0.2) is 0 Å². The summed E-state index contributed by atoms with van der Waals surface area (Å²) in [5, 5.41) is 12.1. The molecule has 112 valence electrons. The largest absolute Gasteiger partial charge is 0.395 e. The van der Waals surface area contributed by atoms with Crippen LogP contribution in [-0.4, -0.2) is 71.3 Å². The van der Waals surface area contributed by atoms with Crippen LogP contribution < -0.4 is 5.32 Å². The number of β-amino-alcohol motifs (C(OH)–C–C–N with tert-alkyl or cyclic N) is 1. The molecule has 0 aliphatic carbocycles. The van der Waals surface area contributed by atoms with E-state index in [0.717, 1.165) is 63.0 Å². The highest BCUT2D eigenvalue weighted by atomic mass is 16.3. The lowest BCUT2D eigenvalue weighted by molar-refractivity contribution is 0.195. The van der Waals surface area contributed by atoms with Crippen molar-refractivity contribution >= 4 is 5.82 Å². The number of hydrogen-bond donors (Lipinski definition) is 2. The van der Waals surface area contributed by atoms with Crippen molar-refractivity contribution in [3.63, 3.8) is 0 Å².